The average molecular weight is 344 g/mol. The molecule has 1 aromatic heterocycles. The van der Waals surface area contributed by atoms with Crippen molar-refractivity contribution >= 4 is 17.5 Å². The molecule has 0 saturated heterocycles. The van der Waals surface area contributed by atoms with E-state index in [1.807, 2.05) is 0 Å². The summed E-state index contributed by atoms with van der Waals surface area (Å²) in [5.41, 5.74) is 1.31. The summed E-state index contributed by atoms with van der Waals surface area (Å²) >= 11 is 5.85. The van der Waals surface area contributed by atoms with Crippen molar-refractivity contribution in [3.8, 4) is 17.1 Å². The molecular weight excluding hydrogens is 330 g/mol. The number of hydrogen-bond donors (Lipinski definition) is 1. The quantitative estimate of drug-likeness (QED) is 0.768. The molecule has 0 saturated carbocycles. The van der Waals surface area contributed by atoms with Gasteiger partial charge in [-0.2, -0.15) is 4.98 Å². The zero-order valence-electron chi connectivity index (χ0n) is 12.8. The van der Waals surface area contributed by atoms with Crippen molar-refractivity contribution in [2.24, 2.45) is 0 Å². The number of ether oxygens (including phenoxy) is 1. The van der Waals surface area contributed by atoms with Crippen LogP contribution in [0.15, 0.2) is 53.1 Å². The lowest BCUT2D eigenvalue weighted by molar-refractivity contribution is 0.0946. The van der Waals surface area contributed by atoms with E-state index in [4.69, 9.17) is 20.9 Å². The van der Waals surface area contributed by atoms with E-state index in [9.17, 15) is 4.79 Å². The number of benzene rings is 2. The highest BCUT2D eigenvalue weighted by Gasteiger charge is 2.11. The van der Waals surface area contributed by atoms with Gasteiger partial charge < -0.3 is 14.6 Å². The normalized spacial score (nSPS) is 10.4. The van der Waals surface area contributed by atoms with Crippen molar-refractivity contribution in [3.63, 3.8) is 0 Å². The second-order valence-corrected chi connectivity index (χ2v) is 5.37. The molecular formula is C17H14ClN3O3. The monoisotopic (exact) mass is 343 g/mol. The second kappa shape index (κ2) is 7.14. The molecule has 0 atom stereocenters. The molecule has 0 bridgehead atoms. The third-order valence-electron chi connectivity index (χ3n) is 3.32. The fourth-order valence-electron chi connectivity index (χ4n) is 2.04. The molecule has 1 heterocycles. The van der Waals surface area contributed by atoms with Gasteiger partial charge in [-0.3, -0.25) is 4.79 Å². The van der Waals surface area contributed by atoms with Crippen LogP contribution in [0.5, 0.6) is 5.75 Å². The van der Waals surface area contributed by atoms with Crippen molar-refractivity contribution in [3.05, 3.63) is 65.0 Å². The van der Waals surface area contributed by atoms with Crippen LogP contribution in [0.4, 0.5) is 0 Å². The highest BCUT2D eigenvalue weighted by molar-refractivity contribution is 6.30. The van der Waals surface area contributed by atoms with Gasteiger partial charge in [0.1, 0.15) is 5.75 Å². The molecule has 3 aromatic rings. The first-order valence-electron chi connectivity index (χ1n) is 7.16. The molecule has 0 radical (unpaired) electrons. The summed E-state index contributed by atoms with van der Waals surface area (Å²) in [5.74, 6) is 1.22. The molecule has 0 unspecified atom stereocenters. The molecule has 0 aliphatic rings. The SMILES string of the molecule is COc1ccc(C(=O)NCc2nc(-c3ccc(Cl)cc3)no2)cc1. The Morgan fingerprint density at radius 2 is 1.88 bits per heavy atom. The molecule has 2 aromatic carbocycles. The predicted octanol–water partition coefficient (Wildman–Crippen LogP) is 3.33. The number of amides is 1. The van der Waals surface area contributed by atoms with E-state index in [0.29, 0.717) is 28.1 Å². The number of nitrogens with zero attached hydrogens (tertiary/aromatic N) is 2. The van der Waals surface area contributed by atoms with Crippen LogP contribution in [0.25, 0.3) is 11.4 Å². The zero-order chi connectivity index (χ0) is 16.9. The zero-order valence-corrected chi connectivity index (χ0v) is 13.6. The van der Waals surface area contributed by atoms with Crippen LogP contribution in [-0.2, 0) is 6.54 Å². The minimum absolute atomic E-state index is 0.144. The van der Waals surface area contributed by atoms with Gasteiger partial charge in [0, 0.05) is 16.1 Å². The highest BCUT2D eigenvalue weighted by atomic mass is 35.5. The van der Waals surface area contributed by atoms with Gasteiger partial charge in [0.25, 0.3) is 5.91 Å². The van der Waals surface area contributed by atoms with Crippen molar-refractivity contribution in [1.29, 1.82) is 0 Å². The number of carbonyl (C=O) groups excluding carboxylic acids is 1. The fourth-order valence-corrected chi connectivity index (χ4v) is 2.17. The van der Waals surface area contributed by atoms with Crippen LogP contribution >= 0.6 is 11.6 Å². The third kappa shape index (κ3) is 3.72. The van der Waals surface area contributed by atoms with E-state index < -0.39 is 0 Å². The van der Waals surface area contributed by atoms with Gasteiger partial charge in [-0.15, -0.1) is 0 Å². The van der Waals surface area contributed by atoms with E-state index in [2.05, 4.69) is 15.5 Å². The molecule has 0 aliphatic carbocycles. The first-order chi connectivity index (χ1) is 11.7. The van der Waals surface area contributed by atoms with E-state index in [1.54, 1.807) is 55.6 Å². The summed E-state index contributed by atoms with van der Waals surface area (Å²) in [4.78, 5) is 16.3. The Bertz CT molecular complexity index is 829. The summed E-state index contributed by atoms with van der Waals surface area (Å²) in [6.45, 7) is 0.144. The lowest BCUT2D eigenvalue weighted by Gasteiger charge is -2.03. The summed E-state index contributed by atoms with van der Waals surface area (Å²) < 4.78 is 10.2. The molecule has 3 rings (SSSR count). The maximum atomic E-state index is 12.1. The van der Waals surface area contributed by atoms with Crippen LogP contribution in [0.1, 0.15) is 16.2 Å². The standard InChI is InChI=1S/C17H14ClN3O3/c1-23-14-8-4-12(5-9-14)17(22)19-10-15-20-16(21-24-15)11-2-6-13(18)7-3-11/h2-9H,10H2,1H3,(H,19,22). The van der Waals surface area contributed by atoms with Gasteiger partial charge in [-0.05, 0) is 48.5 Å². The van der Waals surface area contributed by atoms with Crippen molar-refractivity contribution in [2.45, 2.75) is 6.54 Å². The topological polar surface area (TPSA) is 77.2 Å². The summed E-state index contributed by atoms with van der Waals surface area (Å²) in [6.07, 6.45) is 0. The first-order valence-corrected chi connectivity index (χ1v) is 7.54. The molecule has 24 heavy (non-hydrogen) atoms. The van der Waals surface area contributed by atoms with Gasteiger partial charge in [0.05, 0.1) is 13.7 Å². The van der Waals surface area contributed by atoms with Gasteiger partial charge >= 0.3 is 0 Å². The Morgan fingerprint density at radius 3 is 2.54 bits per heavy atom. The number of carbonyl (C=O) groups is 1. The van der Waals surface area contributed by atoms with E-state index in [-0.39, 0.29) is 12.5 Å². The van der Waals surface area contributed by atoms with Crippen LogP contribution in [0, 0.1) is 0 Å². The Hall–Kier alpha value is -2.86. The van der Waals surface area contributed by atoms with Crippen LogP contribution < -0.4 is 10.1 Å². The van der Waals surface area contributed by atoms with Crippen LogP contribution in [0.3, 0.4) is 0 Å². The van der Waals surface area contributed by atoms with E-state index in [1.165, 1.54) is 0 Å². The van der Waals surface area contributed by atoms with E-state index in [0.717, 1.165) is 5.56 Å². The molecule has 0 fully saturated rings. The number of rotatable bonds is 5. The smallest absolute Gasteiger partial charge is 0.251 e. The molecule has 6 nitrogen and oxygen atoms in total. The third-order valence-corrected chi connectivity index (χ3v) is 3.57. The number of nitrogens with one attached hydrogen (secondary N) is 1. The van der Waals surface area contributed by atoms with Gasteiger partial charge in [-0.25, -0.2) is 0 Å². The molecule has 1 N–H and O–H groups in total. The Labute approximate surface area is 143 Å². The Balaban J connectivity index is 1.62. The minimum atomic E-state index is -0.233. The van der Waals surface area contributed by atoms with Crippen molar-refractivity contribution < 1.29 is 14.1 Å². The maximum absolute atomic E-state index is 12.1. The number of halogens is 1. The van der Waals surface area contributed by atoms with Gasteiger partial charge in [-0.1, -0.05) is 16.8 Å². The lowest BCUT2D eigenvalue weighted by atomic mass is 10.2. The fraction of sp³-hybridized carbons (Fsp3) is 0.118. The number of aromatic nitrogens is 2. The lowest BCUT2D eigenvalue weighted by Crippen LogP contribution is -2.22. The highest BCUT2D eigenvalue weighted by Crippen LogP contribution is 2.18. The maximum Gasteiger partial charge on any atom is 0.251 e. The molecule has 122 valence electrons. The number of hydrogen-bond acceptors (Lipinski definition) is 5. The average Bonchev–Trinajstić information content (AvgIpc) is 3.09. The van der Waals surface area contributed by atoms with Gasteiger partial charge in [0.2, 0.25) is 11.7 Å². The van der Waals surface area contributed by atoms with Crippen molar-refractivity contribution in [1.82, 2.24) is 15.5 Å². The first kappa shape index (κ1) is 16.0. The van der Waals surface area contributed by atoms with Crippen LogP contribution in [0.2, 0.25) is 5.02 Å². The summed E-state index contributed by atoms with van der Waals surface area (Å²) in [5, 5.41) is 7.26. The summed E-state index contributed by atoms with van der Waals surface area (Å²) in [7, 11) is 1.57. The molecule has 0 aliphatic heterocycles. The van der Waals surface area contributed by atoms with Crippen molar-refractivity contribution in [2.75, 3.05) is 7.11 Å². The molecule has 1 amide bonds. The largest absolute Gasteiger partial charge is 0.497 e. The Kier molecular flexibility index (Phi) is 4.77. The minimum Gasteiger partial charge on any atom is -0.497 e. The Morgan fingerprint density at radius 1 is 1.17 bits per heavy atom. The summed E-state index contributed by atoms with van der Waals surface area (Å²) in [6, 6.07) is 13.9. The number of methoxy groups -OCH3 is 1. The second-order valence-electron chi connectivity index (χ2n) is 4.93. The van der Waals surface area contributed by atoms with E-state index >= 15 is 0 Å². The molecule has 0 spiro atoms. The van der Waals surface area contributed by atoms with Crippen LogP contribution in [-0.4, -0.2) is 23.2 Å². The van der Waals surface area contributed by atoms with Gasteiger partial charge in [0.15, 0.2) is 0 Å². The molecule has 7 heteroatoms. The predicted molar refractivity (Wildman–Crippen MR) is 88.9 cm³/mol.